The number of carbonyl (C=O) groups excluding carboxylic acids is 3. The molecule has 2 heterocycles. The van der Waals surface area contributed by atoms with Crippen molar-refractivity contribution >= 4 is 40.3 Å². The molecule has 1 aliphatic heterocycles. The number of hydrogen-bond acceptors (Lipinski definition) is 4. The second-order valence-corrected chi connectivity index (χ2v) is 7.76. The average molecular weight is 420 g/mol. The zero-order valence-electron chi connectivity index (χ0n) is 16.8. The van der Waals surface area contributed by atoms with E-state index in [1.807, 2.05) is 35.0 Å². The molecule has 1 saturated heterocycles. The van der Waals surface area contributed by atoms with E-state index in [2.05, 4.69) is 0 Å². The molecule has 0 radical (unpaired) electrons. The molecule has 3 rings (SSSR count). The first-order valence-corrected chi connectivity index (χ1v) is 10.2. The van der Waals surface area contributed by atoms with E-state index < -0.39 is 0 Å². The van der Waals surface area contributed by atoms with Crippen LogP contribution in [0.2, 0.25) is 5.02 Å². The number of amides is 2. The van der Waals surface area contributed by atoms with Crippen LogP contribution < -0.4 is 0 Å². The van der Waals surface area contributed by atoms with Gasteiger partial charge in [-0.05, 0) is 43.4 Å². The summed E-state index contributed by atoms with van der Waals surface area (Å²) in [7, 11) is 1.62. The number of benzene rings is 1. The van der Waals surface area contributed by atoms with Crippen LogP contribution in [0.25, 0.3) is 10.9 Å². The molecule has 2 aromatic rings. The van der Waals surface area contributed by atoms with Gasteiger partial charge in [0.2, 0.25) is 11.8 Å². The molecule has 0 aliphatic carbocycles. The Morgan fingerprint density at radius 3 is 2.83 bits per heavy atom. The molecule has 29 heavy (non-hydrogen) atoms. The third-order valence-electron chi connectivity index (χ3n) is 5.23. The number of likely N-dealkylation sites (tertiary alicyclic amines) is 1. The Kier molecular flexibility index (Phi) is 6.79. The van der Waals surface area contributed by atoms with Crippen LogP contribution in [0.5, 0.6) is 0 Å². The van der Waals surface area contributed by atoms with E-state index in [4.69, 9.17) is 16.3 Å². The molecule has 1 unspecified atom stereocenters. The lowest BCUT2D eigenvalue weighted by atomic mass is 9.98. The maximum absolute atomic E-state index is 12.7. The third-order valence-corrected chi connectivity index (χ3v) is 5.47. The quantitative estimate of drug-likeness (QED) is 0.674. The summed E-state index contributed by atoms with van der Waals surface area (Å²) in [5.74, 6) is -0.873. The Bertz CT molecular complexity index is 910. The number of hydrogen-bond donors (Lipinski definition) is 0. The van der Waals surface area contributed by atoms with E-state index in [-0.39, 0.29) is 36.8 Å². The molecule has 156 valence electrons. The molecule has 1 fully saturated rings. The van der Waals surface area contributed by atoms with Crippen LogP contribution in [-0.4, -0.2) is 65.4 Å². The van der Waals surface area contributed by atoms with Crippen LogP contribution in [0.1, 0.15) is 19.8 Å². The lowest BCUT2D eigenvalue weighted by Crippen LogP contribution is -2.47. The van der Waals surface area contributed by atoms with Crippen molar-refractivity contribution in [2.24, 2.45) is 5.92 Å². The fourth-order valence-electron chi connectivity index (χ4n) is 3.61. The van der Waals surface area contributed by atoms with Crippen LogP contribution in [0, 0.1) is 5.92 Å². The Morgan fingerprint density at radius 2 is 2.07 bits per heavy atom. The van der Waals surface area contributed by atoms with Gasteiger partial charge in [0.25, 0.3) is 0 Å². The number of halogens is 1. The van der Waals surface area contributed by atoms with Gasteiger partial charge >= 0.3 is 5.97 Å². The van der Waals surface area contributed by atoms with Crippen LogP contribution in [-0.2, 0) is 25.7 Å². The molecule has 0 bridgehead atoms. The van der Waals surface area contributed by atoms with E-state index in [1.54, 1.807) is 18.9 Å². The number of fused-ring (bicyclic) bond motifs is 1. The molecule has 1 aliphatic rings. The number of esters is 1. The van der Waals surface area contributed by atoms with Gasteiger partial charge in [0, 0.05) is 36.9 Å². The van der Waals surface area contributed by atoms with Crippen molar-refractivity contribution in [2.45, 2.75) is 26.3 Å². The molecule has 0 spiro atoms. The Hall–Kier alpha value is -2.54. The zero-order valence-corrected chi connectivity index (χ0v) is 17.5. The average Bonchev–Trinajstić information content (AvgIpc) is 3.10. The predicted octanol–water partition coefficient (Wildman–Crippen LogP) is 2.55. The second kappa shape index (κ2) is 9.31. The van der Waals surface area contributed by atoms with Gasteiger partial charge in [-0.25, -0.2) is 0 Å². The fourth-order valence-corrected chi connectivity index (χ4v) is 3.77. The molecular formula is C21H26ClN3O4. The van der Waals surface area contributed by atoms with E-state index in [0.717, 1.165) is 23.7 Å². The minimum atomic E-state index is -0.287. The summed E-state index contributed by atoms with van der Waals surface area (Å²) in [6.45, 7) is 3.15. The summed E-state index contributed by atoms with van der Waals surface area (Å²) in [5, 5.41) is 1.61. The number of nitrogens with zero attached hydrogens (tertiary/aromatic N) is 3. The summed E-state index contributed by atoms with van der Waals surface area (Å²) in [6, 6.07) is 7.46. The molecule has 8 heteroatoms. The second-order valence-electron chi connectivity index (χ2n) is 7.33. The van der Waals surface area contributed by atoms with Crippen molar-refractivity contribution in [3.63, 3.8) is 0 Å². The summed E-state index contributed by atoms with van der Waals surface area (Å²) in [4.78, 5) is 40.3. The number of piperidine rings is 1. The van der Waals surface area contributed by atoms with Crippen molar-refractivity contribution in [3.05, 3.63) is 35.5 Å². The Labute approximate surface area is 175 Å². The van der Waals surface area contributed by atoms with Crippen LogP contribution >= 0.6 is 11.6 Å². The maximum atomic E-state index is 12.7. The molecular weight excluding hydrogens is 394 g/mol. The van der Waals surface area contributed by atoms with Gasteiger partial charge in [-0.1, -0.05) is 17.7 Å². The number of rotatable bonds is 6. The highest BCUT2D eigenvalue weighted by Crippen LogP contribution is 2.21. The molecule has 1 aromatic heterocycles. The van der Waals surface area contributed by atoms with Gasteiger partial charge in [0.15, 0.2) is 0 Å². The van der Waals surface area contributed by atoms with E-state index in [1.165, 1.54) is 4.90 Å². The fraction of sp³-hybridized carbons (Fsp3) is 0.476. The summed E-state index contributed by atoms with van der Waals surface area (Å²) < 4.78 is 6.90. The van der Waals surface area contributed by atoms with Gasteiger partial charge in [-0.3, -0.25) is 14.4 Å². The largest absolute Gasteiger partial charge is 0.466 e. The number of carbonyl (C=O) groups is 3. The van der Waals surface area contributed by atoms with E-state index in [9.17, 15) is 14.4 Å². The zero-order chi connectivity index (χ0) is 21.0. The van der Waals surface area contributed by atoms with Crippen molar-refractivity contribution in [3.8, 4) is 0 Å². The first-order chi connectivity index (χ1) is 13.9. The van der Waals surface area contributed by atoms with Crippen LogP contribution in [0.3, 0.4) is 0 Å². The highest BCUT2D eigenvalue weighted by atomic mass is 35.5. The molecule has 1 aromatic carbocycles. The first-order valence-electron chi connectivity index (χ1n) is 9.81. The molecule has 2 amide bonds. The number of ether oxygens (including phenoxy) is 1. The lowest BCUT2D eigenvalue weighted by Gasteiger charge is -2.32. The molecule has 7 nitrogen and oxygen atoms in total. The summed E-state index contributed by atoms with van der Waals surface area (Å²) in [5.41, 5.74) is 0.874. The van der Waals surface area contributed by atoms with Crippen LogP contribution in [0.15, 0.2) is 30.5 Å². The van der Waals surface area contributed by atoms with Gasteiger partial charge in [0.05, 0.1) is 19.1 Å². The van der Waals surface area contributed by atoms with E-state index in [0.29, 0.717) is 24.7 Å². The van der Waals surface area contributed by atoms with Crippen molar-refractivity contribution < 1.29 is 19.1 Å². The normalized spacial score (nSPS) is 16.7. The minimum absolute atomic E-state index is 0.0195. The smallest absolute Gasteiger partial charge is 0.310 e. The van der Waals surface area contributed by atoms with Crippen molar-refractivity contribution in [1.29, 1.82) is 0 Å². The number of likely N-dealkylation sites (N-methyl/N-ethyl adjacent to an activating group) is 1. The third kappa shape index (κ3) is 5.09. The monoisotopic (exact) mass is 419 g/mol. The number of aromatic nitrogens is 1. The summed E-state index contributed by atoms with van der Waals surface area (Å²) >= 11 is 6.06. The summed E-state index contributed by atoms with van der Waals surface area (Å²) in [6.07, 6.45) is 3.31. The van der Waals surface area contributed by atoms with Crippen molar-refractivity contribution in [2.75, 3.05) is 33.3 Å². The van der Waals surface area contributed by atoms with Gasteiger partial charge < -0.3 is 19.1 Å². The topological polar surface area (TPSA) is 71.8 Å². The standard InChI is InChI=1S/C21H26ClN3O4/c1-3-29-21(28)16-5-4-9-25(12-16)20(27)13-23(2)19(26)14-24-10-8-15-6-7-17(22)11-18(15)24/h6-8,10-11,16H,3-5,9,12-14H2,1-2H3. The molecule has 1 atom stereocenters. The molecule has 0 saturated carbocycles. The highest BCUT2D eigenvalue weighted by molar-refractivity contribution is 6.31. The van der Waals surface area contributed by atoms with Crippen molar-refractivity contribution in [1.82, 2.24) is 14.4 Å². The van der Waals surface area contributed by atoms with E-state index >= 15 is 0 Å². The Morgan fingerprint density at radius 1 is 1.28 bits per heavy atom. The Balaban J connectivity index is 1.58. The maximum Gasteiger partial charge on any atom is 0.310 e. The van der Waals surface area contributed by atoms with Gasteiger partial charge in [-0.15, -0.1) is 0 Å². The first kappa shape index (κ1) is 21.2. The van der Waals surface area contributed by atoms with Crippen LogP contribution in [0.4, 0.5) is 0 Å². The predicted molar refractivity (Wildman–Crippen MR) is 111 cm³/mol. The van der Waals surface area contributed by atoms with Gasteiger partial charge in [-0.2, -0.15) is 0 Å². The SMILES string of the molecule is CCOC(=O)C1CCCN(C(=O)CN(C)C(=O)Cn2ccc3ccc(Cl)cc32)C1. The highest BCUT2D eigenvalue weighted by Gasteiger charge is 2.30. The minimum Gasteiger partial charge on any atom is -0.466 e. The lowest BCUT2D eigenvalue weighted by molar-refractivity contribution is -0.152. The van der Waals surface area contributed by atoms with Gasteiger partial charge in [0.1, 0.15) is 6.54 Å². The molecule has 0 N–H and O–H groups in total.